The molecule has 1 unspecified atom stereocenters. The van der Waals surface area contributed by atoms with Gasteiger partial charge in [0.1, 0.15) is 68.8 Å². The van der Waals surface area contributed by atoms with Crippen molar-refractivity contribution in [1.29, 1.82) is 0 Å². The third-order valence-electron chi connectivity index (χ3n) is 10.6. The van der Waals surface area contributed by atoms with Gasteiger partial charge in [-0.15, -0.1) is 20.5 Å². The van der Waals surface area contributed by atoms with Crippen LogP contribution in [0.4, 0.5) is 34.1 Å². The number of H-pyrrole nitrogens is 1. The molecule has 0 aliphatic carbocycles. The molecule has 75 heavy (non-hydrogen) atoms. The van der Waals surface area contributed by atoms with Gasteiger partial charge in [-0.05, 0) is 78.9 Å². The highest BCUT2D eigenvalue weighted by atomic mass is 32.2. The summed E-state index contributed by atoms with van der Waals surface area (Å²) < 4.78 is 119. The fourth-order valence-corrected chi connectivity index (χ4v) is 8.91. The topological polar surface area (TPSA) is 424 Å². The summed E-state index contributed by atoms with van der Waals surface area (Å²) in [5.41, 5.74) is -1.09. The van der Waals surface area contributed by atoms with Crippen LogP contribution >= 0.6 is 0 Å². The van der Waals surface area contributed by atoms with E-state index in [0.717, 1.165) is 42.5 Å². The molecule has 0 saturated heterocycles. The van der Waals surface area contributed by atoms with Gasteiger partial charge in [-0.3, -0.25) is 18.5 Å². The molecule has 7 aromatic rings. The Balaban J connectivity index is 1.10. The number of aromatic hydroxyl groups is 1. The minimum atomic E-state index is -5.20. The number of amides is 1. The number of hydrogen-bond acceptors (Lipinski definition) is 22. The first-order chi connectivity index (χ1) is 35.6. The molecule has 6 aromatic carbocycles. The van der Waals surface area contributed by atoms with Crippen molar-refractivity contribution in [3.63, 3.8) is 0 Å². The minimum Gasteiger partial charge on any atom is -0.505 e. The zero-order valence-electron chi connectivity index (χ0n) is 38.0. The zero-order valence-corrected chi connectivity index (χ0v) is 40.5. The molecule has 8 N–H and O–H groups in total. The first-order valence-electron chi connectivity index (χ1n) is 21.1. The third kappa shape index (κ3) is 11.3. The molecule has 388 valence electrons. The van der Waals surface area contributed by atoms with E-state index < -0.39 is 93.3 Å². The third-order valence-corrected chi connectivity index (χ3v) is 13.2. The first-order valence-corrected chi connectivity index (χ1v) is 25.5. The molecule has 1 amide bonds. The van der Waals surface area contributed by atoms with Gasteiger partial charge in [0.15, 0.2) is 11.5 Å². The number of benzene rings is 6. The summed E-state index contributed by atoms with van der Waals surface area (Å²) in [7, 11) is -13.3. The minimum absolute atomic E-state index is 0.000602. The Morgan fingerprint density at radius 2 is 1.32 bits per heavy atom. The smallest absolute Gasteiger partial charge is 0.355 e. The second kappa shape index (κ2) is 21.0. The number of phenols is 1. The molecule has 1 aromatic heterocycles. The summed E-state index contributed by atoms with van der Waals surface area (Å²) in [6, 6.07) is 18.4. The maximum Gasteiger partial charge on any atom is 0.355 e. The van der Waals surface area contributed by atoms with Gasteiger partial charge >= 0.3 is 5.97 Å². The number of carboxylic acid groups (broad SMARTS) is 1. The highest BCUT2D eigenvalue weighted by Gasteiger charge is 2.41. The van der Waals surface area contributed by atoms with Crippen molar-refractivity contribution in [3.8, 4) is 34.4 Å². The molecule has 0 bridgehead atoms. The number of nitrogens with zero attached hydrogens (tertiary/aromatic N) is 9. The molecule has 0 fully saturated rings. The largest absolute Gasteiger partial charge is 0.505 e. The van der Waals surface area contributed by atoms with Crippen LogP contribution in [0.3, 0.4) is 0 Å². The van der Waals surface area contributed by atoms with Crippen molar-refractivity contribution in [2.75, 3.05) is 38.5 Å². The van der Waals surface area contributed by atoms with Crippen molar-refractivity contribution in [2.45, 2.75) is 20.7 Å². The average Bonchev–Trinajstić information content (AvgIpc) is 3.98. The number of rotatable bonds is 19. The zero-order chi connectivity index (χ0) is 54.0. The number of fused-ring (bicyclic) bond motifs is 3. The molecule has 0 radical (unpaired) electrons. The van der Waals surface area contributed by atoms with E-state index >= 15 is 0 Å². The molecular weight excluding hydrogens is 1050 g/mol. The Hall–Kier alpha value is -8.69. The van der Waals surface area contributed by atoms with E-state index in [9.17, 15) is 68.9 Å². The van der Waals surface area contributed by atoms with Crippen LogP contribution in [0.25, 0.3) is 33.2 Å². The number of aromatic nitrogens is 2. The Bertz CT molecular complexity index is 3910. The van der Waals surface area contributed by atoms with E-state index in [1.807, 2.05) is 0 Å². The van der Waals surface area contributed by atoms with Crippen LogP contribution in [-0.2, 0) is 39.9 Å². The van der Waals surface area contributed by atoms with Gasteiger partial charge in [0.25, 0.3) is 36.3 Å². The Kier molecular flexibility index (Phi) is 14.8. The summed E-state index contributed by atoms with van der Waals surface area (Å²) in [6.45, 7) is -1.68. The number of hydrogen-bond donors (Lipinski definition) is 8. The van der Waals surface area contributed by atoms with Crippen molar-refractivity contribution >= 4 is 104 Å². The number of aromatic amines is 1. The lowest BCUT2D eigenvalue weighted by atomic mass is 10.1. The van der Waals surface area contributed by atoms with Crippen LogP contribution in [0, 0.1) is 0 Å². The number of methoxy groups -OCH3 is 1. The average molecular weight is 1090 g/mol. The van der Waals surface area contributed by atoms with Gasteiger partial charge in [-0.1, -0.05) is 0 Å². The molecular formula is C44H36N10O18S3. The number of hydrazone groups is 1. The second-order valence-corrected chi connectivity index (χ2v) is 19.6. The first kappa shape index (κ1) is 52.6. The van der Waals surface area contributed by atoms with E-state index in [2.05, 4.69) is 45.8 Å². The van der Waals surface area contributed by atoms with E-state index in [0.29, 0.717) is 16.1 Å². The van der Waals surface area contributed by atoms with E-state index in [1.165, 1.54) is 61.7 Å². The number of nitrogens with one attached hydrogen (secondary N) is 1. The van der Waals surface area contributed by atoms with Gasteiger partial charge in [0.05, 0.1) is 47.6 Å². The summed E-state index contributed by atoms with van der Waals surface area (Å²) >= 11 is 0. The van der Waals surface area contributed by atoms with Gasteiger partial charge in [-0.2, -0.15) is 45.6 Å². The summed E-state index contributed by atoms with van der Waals surface area (Å²) in [6.07, 6.45) is 0. The normalized spacial score (nSPS) is 14.5. The predicted molar refractivity (Wildman–Crippen MR) is 260 cm³/mol. The fourth-order valence-electron chi connectivity index (χ4n) is 7.15. The Morgan fingerprint density at radius 3 is 1.89 bits per heavy atom. The van der Waals surface area contributed by atoms with Crippen molar-refractivity contribution in [3.05, 3.63) is 97.1 Å². The van der Waals surface area contributed by atoms with E-state index in [1.54, 1.807) is 0 Å². The molecule has 1 atom stereocenters. The molecule has 8 rings (SSSR count). The Morgan fingerprint density at radius 1 is 0.707 bits per heavy atom. The quantitative estimate of drug-likeness (QED) is 0.0323. The molecule has 31 heteroatoms. The van der Waals surface area contributed by atoms with Crippen LogP contribution < -0.4 is 19.2 Å². The van der Waals surface area contributed by atoms with E-state index in [-0.39, 0.29) is 81.0 Å². The lowest BCUT2D eigenvalue weighted by molar-refractivity contribution is -0.130. The molecule has 0 saturated carbocycles. The Labute approximate surface area is 421 Å². The predicted octanol–water partition coefficient (Wildman–Crippen LogP) is 6.35. The molecule has 0 spiro atoms. The van der Waals surface area contributed by atoms with Crippen LogP contribution in [0.15, 0.2) is 148 Å². The number of aliphatic hydroxyl groups is 2. The van der Waals surface area contributed by atoms with Crippen LogP contribution in [0.5, 0.6) is 23.0 Å². The molecule has 1 aliphatic rings. The van der Waals surface area contributed by atoms with E-state index in [4.69, 9.17) is 14.2 Å². The molecule has 1 aliphatic heterocycles. The molecule has 28 nitrogen and oxygen atoms in total. The lowest BCUT2D eigenvalue weighted by Gasteiger charge is -2.13. The van der Waals surface area contributed by atoms with Crippen LogP contribution in [-0.4, -0.2) is 126 Å². The highest BCUT2D eigenvalue weighted by Crippen LogP contribution is 2.46. The van der Waals surface area contributed by atoms with Crippen LogP contribution in [0.1, 0.15) is 0 Å². The summed E-state index contributed by atoms with van der Waals surface area (Å²) in [5.74, 6) is -3.32. The number of aliphatic carboxylic acids is 1. The summed E-state index contributed by atoms with van der Waals surface area (Å²) in [5, 5.41) is 69.0. The number of carbonyl (C=O) groups is 2. The van der Waals surface area contributed by atoms with Crippen LogP contribution in [0.2, 0.25) is 0 Å². The monoisotopic (exact) mass is 1090 g/mol. The number of imidazole rings is 1. The van der Waals surface area contributed by atoms with Gasteiger partial charge in [-0.25, -0.2) is 9.78 Å². The lowest BCUT2D eigenvalue weighted by Crippen LogP contribution is -2.33. The SMILES string of the molecule is COc1ccc(/N=N/c2cc(OCCO)c(/N=N/c3c(S(=O)(=O)O)cc4c(ccc5[nH]c(-c6ccc(/N=N/C7C(=O)N(c8ccc(S(=O)(=O)O)cc8)N=C7C(=O)O)cc6)nc54)c3O)cc2OCCO)c(S(=O)(=O)O)c1. The molecule has 2 heterocycles. The fraction of sp³-hybridized carbons (Fsp3) is 0.136. The number of carbonyl (C=O) groups excluding carboxylic acids is 1. The number of phenolic OH excluding ortho intramolecular Hbond substituents is 1. The summed E-state index contributed by atoms with van der Waals surface area (Å²) in [4.78, 5) is 30.9. The standard InChI is InChI=1S/C44H36N10O18S3/c1-70-25-8-12-29(35(18-25)74(64,65)66)48-49-31-20-34(72-17-15-56)32(21-33(31)71-16-14-55)50-51-38-36(75(67,68)69)19-28-27(41(38)57)11-13-30-37(28)46-42(45-30)22-2-4-23(5-3-22)47-52-39-40(44(59)60)53-54(43(39)58)24-6-9-26(10-7-24)73(61,62)63/h2-13,18-21,39,55-57H,14-17H2,1H3,(H,45,46)(H,59,60)(H,61,62,63)(H,64,65,66)(H,67,68,69)/b49-48+,51-50+,52-47+. The van der Waals surface area contributed by atoms with Gasteiger partial charge in [0, 0.05) is 34.5 Å². The second-order valence-electron chi connectivity index (χ2n) is 15.4. The maximum absolute atomic E-state index is 13.2. The van der Waals surface area contributed by atoms with Crippen molar-refractivity contribution < 1.29 is 83.1 Å². The highest BCUT2D eigenvalue weighted by molar-refractivity contribution is 7.86. The number of azo groups is 3. The number of carboxylic acids is 1. The van der Waals surface area contributed by atoms with Crippen molar-refractivity contribution in [2.24, 2.45) is 35.8 Å². The van der Waals surface area contributed by atoms with Gasteiger partial charge < -0.3 is 39.6 Å². The number of anilines is 1. The van der Waals surface area contributed by atoms with Crippen molar-refractivity contribution in [1.82, 2.24) is 9.97 Å². The maximum atomic E-state index is 13.2. The number of ether oxygens (including phenoxy) is 3. The van der Waals surface area contributed by atoms with Gasteiger partial charge in [0.2, 0.25) is 6.04 Å². The number of aliphatic hydroxyl groups excluding tert-OH is 2.